The number of hydrazine groups is 1. The molecule has 0 fully saturated rings. The molecule has 0 radical (unpaired) electrons. The summed E-state index contributed by atoms with van der Waals surface area (Å²) in [5.41, 5.74) is 0.427. The molecule has 0 aliphatic carbocycles. The highest BCUT2D eigenvalue weighted by atomic mass is 32.2. The van der Waals surface area contributed by atoms with E-state index in [4.69, 9.17) is 0 Å². The molecular weight excluding hydrogens is 386 g/mol. The Hall–Kier alpha value is -2.33. The predicted octanol–water partition coefficient (Wildman–Crippen LogP) is 1.57. The number of sulfonamides is 1. The van der Waals surface area contributed by atoms with Crippen molar-refractivity contribution >= 4 is 33.1 Å². The zero-order chi connectivity index (χ0) is 19.3. The minimum Gasteiger partial charge on any atom is -0.312 e. The summed E-state index contributed by atoms with van der Waals surface area (Å²) >= 11 is 1.24. The molecule has 9 heteroatoms. The van der Waals surface area contributed by atoms with Gasteiger partial charge in [0.05, 0.1) is 9.77 Å². The fourth-order valence-electron chi connectivity index (χ4n) is 2.58. The summed E-state index contributed by atoms with van der Waals surface area (Å²) in [4.78, 5) is 28.1. The van der Waals surface area contributed by atoms with Crippen LogP contribution in [-0.2, 0) is 14.8 Å². The normalized spacial score (nSPS) is 14.4. The highest BCUT2D eigenvalue weighted by molar-refractivity contribution is 7.89. The molecule has 1 aromatic heterocycles. The van der Waals surface area contributed by atoms with Crippen LogP contribution in [0.3, 0.4) is 0 Å². The van der Waals surface area contributed by atoms with Crippen LogP contribution in [0.5, 0.6) is 0 Å². The first-order chi connectivity index (χ1) is 13.0. The van der Waals surface area contributed by atoms with E-state index in [1.165, 1.54) is 23.5 Å². The Labute approximate surface area is 161 Å². The van der Waals surface area contributed by atoms with E-state index in [2.05, 4.69) is 10.1 Å². The van der Waals surface area contributed by atoms with Crippen molar-refractivity contribution in [2.45, 2.75) is 11.3 Å². The largest absolute Gasteiger partial charge is 0.312 e. The van der Waals surface area contributed by atoms with Crippen molar-refractivity contribution in [3.05, 3.63) is 64.4 Å². The number of nitrogens with one attached hydrogen (secondary N) is 2. The van der Waals surface area contributed by atoms with Crippen LogP contribution in [0.1, 0.15) is 16.1 Å². The van der Waals surface area contributed by atoms with E-state index in [0.717, 1.165) is 11.6 Å². The molecule has 1 aliphatic rings. The standard InChI is InChI=1S/C18H19N3O4S2/c22-16(17-9-5-11-26-17)13-21(18(23)14-6-4-10-19-12-14)20-27(24,25)15-7-2-1-3-8-15/h1-3,5-9,11,19-20H,4,10,12-13H2. The Kier molecular flexibility index (Phi) is 6.17. The molecule has 3 rings (SSSR count). The maximum Gasteiger partial charge on any atom is 0.266 e. The molecular formula is C18H19N3O4S2. The molecule has 0 saturated carbocycles. The fraction of sp³-hybridized carbons (Fsp3) is 0.222. The molecule has 7 nitrogen and oxygen atoms in total. The summed E-state index contributed by atoms with van der Waals surface area (Å²) in [5, 5.41) is 5.70. The quantitative estimate of drug-likeness (QED) is 0.539. The number of Topliss-reactive ketones (excluding diaryl/α,β-unsaturated/α-hetero) is 1. The molecule has 142 valence electrons. The highest BCUT2D eigenvalue weighted by Gasteiger charge is 2.27. The molecule has 0 saturated heterocycles. The van der Waals surface area contributed by atoms with Crippen LogP contribution >= 0.6 is 11.3 Å². The average Bonchev–Trinajstić information content (AvgIpc) is 3.23. The summed E-state index contributed by atoms with van der Waals surface area (Å²) in [7, 11) is -4.00. The lowest BCUT2D eigenvalue weighted by molar-refractivity contribution is -0.128. The van der Waals surface area contributed by atoms with Crippen LogP contribution in [0.4, 0.5) is 0 Å². The van der Waals surface area contributed by atoms with Gasteiger partial charge in [-0.15, -0.1) is 16.2 Å². The summed E-state index contributed by atoms with van der Waals surface area (Å²) in [6.07, 6.45) is 2.43. The van der Waals surface area contributed by atoms with Gasteiger partial charge in [-0.25, -0.2) is 8.42 Å². The number of rotatable bonds is 7. The molecule has 0 unspecified atom stereocenters. The molecule has 1 aliphatic heterocycles. The summed E-state index contributed by atoms with van der Waals surface area (Å²) in [6, 6.07) is 11.1. The first-order valence-electron chi connectivity index (χ1n) is 8.33. The van der Waals surface area contributed by atoms with Crippen LogP contribution in [0, 0.1) is 0 Å². The Morgan fingerprint density at radius 1 is 1.15 bits per heavy atom. The second kappa shape index (κ2) is 8.57. The van der Waals surface area contributed by atoms with Crippen molar-refractivity contribution < 1.29 is 18.0 Å². The van der Waals surface area contributed by atoms with Gasteiger partial charge in [0.1, 0.15) is 6.54 Å². The minimum atomic E-state index is -4.00. The molecule has 1 aromatic carbocycles. The van der Waals surface area contributed by atoms with E-state index in [0.29, 0.717) is 23.4 Å². The monoisotopic (exact) mass is 405 g/mol. The smallest absolute Gasteiger partial charge is 0.266 e. The number of hydrogen-bond donors (Lipinski definition) is 2. The third-order valence-electron chi connectivity index (χ3n) is 3.93. The maximum absolute atomic E-state index is 12.9. The lowest BCUT2D eigenvalue weighted by Gasteiger charge is -2.25. The van der Waals surface area contributed by atoms with Gasteiger partial charge in [-0.1, -0.05) is 30.3 Å². The van der Waals surface area contributed by atoms with Crippen molar-refractivity contribution in [3.8, 4) is 0 Å². The number of carbonyl (C=O) groups excluding carboxylic acids is 2. The third-order valence-corrected chi connectivity index (χ3v) is 6.19. The lowest BCUT2D eigenvalue weighted by atomic mass is 10.1. The average molecular weight is 406 g/mol. The second-order valence-electron chi connectivity index (χ2n) is 5.89. The van der Waals surface area contributed by atoms with Crippen molar-refractivity contribution in [1.29, 1.82) is 0 Å². The number of thiophene rings is 1. The third kappa shape index (κ3) is 4.89. The van der Waals surface area contributed by atoms with Crippen LogP contribution in [0.2, 0.25) is 0 Å². The molecule has 2 N–H and O–H groups in total. The van der Waals surface area contributed by atoms with E-state index in [1.54, 1.807) is 41.8 Å². The van der Waals surface area contributed by atoms with Gasteiger partial charge < -0.3 is 5.32 Å². The van der Waals surface area contributed by atoms with Crippen LogP contribution < -0.4 is 10.1 Å². The van der Waals surface area contributed by atoms with Gasteiger partial charge in [-0.05, 0) is 36.5 Å². The van der Waals surface area contributed by atoms with E-state index < -0.39 is 15.9 Å². The van der Waals surface area contributed by atoms with Gasteiger partial charge in [0, 0.05) is 12.1 Å². The summed E-state index contributed by atoms with van der Waals surface area (Å²) in [6.45, 7) is 0.693. The fourth-order valence-corrected chi connectivity index (χ4v) is 4.30. The molecule has 2 heterocycles. The maximum atomic E-state index is 12.9. The predicted molar refractivity (Wildman–Crippen MR) is 103 cm³/mol. The molecule has 0 atom stereocenters. The van der Waals surface area contributed by atoms with Crippen LogP contribution in [0.25, 0.3) is 0 Å². The van der Waals surface area contributed by atoms with E-state index in [1.807, 2.05) is 0 Å². The van der Waals surface area contributed by atoms with Crippen LogP contribution in [-0.4, -0.2) is 44.8 Å². The van der Waals surface area contributed by atoms with Gasteiger partial charge in [0.2, 0.25) is 0 Å². The Balaban J connectivity index is 1.86. The van der Waals surface area contributed by atoms with E-state index in [-0.39, 0.29) is 17.2 Å². The van der Waals surface area contributed by atoms with Gasteiger partial charge >= 0.3 is 0 Å². The molecule has 0 spiro atoms. The van der Waals surface area contributed by atoms with Crippen molar-refractivity contribution in [3.63, 3.8) is 0 Å². The van der Waals surface area contributed by atoms with Crippen molar-refractivity contribution in [2.75, 3.05) is 19.6 Å². The van der Waals surface area contributed by atoms with Crippen molar-refractivity contribution in [1.82, 2.24) is 15.2 Å². The van der Waals surface area contributed by atoms with Gasteiger partial charge in [-0.3, -0.25) is 14.6 Å². The SMILES string of the molecule is O=C(CN(NS(=O)(=O)c1ccccc1)C(=O)C1=CCCNC1)c1cccs1. The van der Waals surface area contributed by atoms with E-state index >= 15 is 0 Å². The zero-order valence-corrected chi connectivity index (χ0v) is 16.1. The van der Waals surface area contributed by atoms with Gasteiger partial charge in [0.15, 0.2) is 5.78 Å². The second-order valence-corrected chi connectivity index (χ2v) is 8.50. The number of ketones is 1. The molecule has 2 aromatic rings. The minimum absolute atomic E-state index is 0.0159. The number of benzene rings is 1. The van der Waals surface area contributed by atoms with Crippen molar-refractivity contribution in [2.24, 2.45) is 0 Å². The van der Waals surface area contributed by atoms with Gasteiger partial charge in [-0.2, -0.15) is 0 Å². The summed E-state index contributed by atoms with van der Waals surface area (Å²) in [5.74, 6) is -0.870. The van der Waals surface area contributed by atoms with Crippen LogP contribution in [0.15, 0.2) is 64.4 Å². The topological polar surface area (TPSA) is 95.6 Å². The lowest BCUT2D eigenvalue weighted by Crippen LogP contribution is -2.50. The number of hydrogen-bond acceptors (Lipinski definition) is 6. The Morgan fingerprint density at radius 3 is 2.56 bits per heavy atom. The number of carbonyl (C=O) groups is 2. The first-order valence-corrected chi connectivity index (χ1v) is 10.7. The number of nitrogens with zero attached hydrogens (tertiary/aromatic N) is 1. The molecule has 1 amide bonds. The zero-order valence-electron chi connectivity index (χ0n) is 14.4. The first kappa shape index (κ1) is 19.4. The number of amides is 1. The van der Waals surface area contributed by atoms with Gasteiger partial charge in [0.25, 0.3) is 15.9 Å². The van der Waals surface area contributed by atoms with E-state index in [9.17, 15) is 18.0 Å². The highest BCUT2D eigenvalue weighted by Crippen LogP contribution is 2.14. The molecule has 0 bridgehead atoms. The Morgan fingerprint density at radius 2 is 1.93 bits per heavy atom. The molecule has 27 heavy (non-hydrogen) atoms. The Bertz CT molecular complexity index is 938. The summed E-state index contributed by atoms with van der Waals surface area (Å²) < 4.78 is 25.3.